The topological polar surface area (TPSA) is 49.3 Å². The summed E-state index contributed by atoms with van der Waals surface area (Å²) in [4.78, 5) is 8.00. The number of piperidine rings is 1. The summed E-state index contributed by atoms with van der Waals surface area (Å²) in [7, 11) is 1.00. The standard InChI is InChI=1S/C7H15N.CH4O.CH2O.H2/c1-2-7-3-5-8-6-4-7;2*1-2;/h7-8H,2-6H2,1H3;2H,1H3;1H2;1H. The van der Waals surface area contributed by atoms with Crippen molar-refractivity contribution >= 4 is 6.79 Å². The molecule has 1 heterocycles. The molecule has 0 amide bonds. The highest BCUT2D eigenvalue weighted by atomic mass is 16.2. The highest BCUT2D eigenvalue weighted by Crippen LogP contribution is 2.13. The fourth-order valence-corrected chi connectivity index (χ4v) is 1.29. The van der Waals surface area contributed by atoms with Crippen molar-refractivity contribution in [1.82, 2.24) is 5.32 Å². The molecule has 1 fully saturated rings. The van der Waals surface area contributed by atoms with E-state index in [1.54, 1.807) is 0 Å². The molecule has 0 unspecified atom stereocenters. The summed E-state index contributed by atoms with van der Waals surface area (Å²) >= 11 is 0. The van der Waals surface area contributed by atoms with Crippen LogP contribution in [0, 0.1) is 5.92 Å². The molecule has 0 aromatic carbocycles. The van der Waals surface area contributed by atoms with Gasteiger partial charge in [0.05, 0.1) is 0 Å². The van der Waals surface area contributed by atoms with Crippen molar-refractivity contribution in [1.29, 1.82) is 0 Å². The van der Waals surface area contributed by atoms with Gasteiger partial charge in [0.25, 0.3) is 0 Å². The van der Waals surface area contributed by atoms with Gasteiger partial charge < -0.3 is 15.2 Å². The minimum atomic E-state index is 0. The zero-order chi connectivity index (χ0) is 9.82. The second kappa shape index (κ2) is 13.2. The van der Waals surface area contributed by atoms with Crippen LogP contribution < -0.4 is 5.32 Å². The Morgan fingerprint density at radius 2 is 1.83 bits per heavy atom. The summed E-state index contributed by atoms with van der Waals surface area (Å²) < 4.78 is 0. The van der Waals surface area contributed by atoms with Gasteiger partial charge in [0.2, 0.25) is 0 Å². The Bertz CT molecular complexity index is 78.0. The van der Waals surface area contributed by atoms with Gasteiger partial charge >= 0.3 is 0 Å². The molecule has 12 heavy (non-hydrogen) atoms. The van der Waals surface area contributed by atoms with Crippen LogP contribution in [0.15, 0.2) is 0 Å². The lowest BCUT2D eigenvalue weighted by Crippen LogP contribution is -2.27. The molecule has 1 saturated heterocycles. The molecule has 1 rings (SSSR count). The first-order valence-corrected chi connectivity index (χ1v) is 4.37. The first-order chi connectivity index (χ1) is 5.93. The molecule has 2 N–H and O–H groups in total. The van der Waals surface area contributed by atoms with Crippen molar-refractivity contribution in [2.24, 2.45) is 5.92 Å². The lowest BCUT2D eigenvalue weighted by Gasteiger charge is -2.20. The van der Waals surface area contributed by atoms with E-state index in [1.165, 1.54) is 32.4 Å². The van der Waals surface area contributed by atoms with E-state index in [-0.39, 0.29) is 1.43 Å². The third-order valence-corrected chi connectivity index (χ3v) is 2.04. The molecule has 3 heteroatoms. The van der Waals surface area contributed by atoms with Crippen LogP contribution in [0.25, 0.3) is 0 Å². The Morgan fingerprint density at radius 1 is 1.42 bits per heavy atom. The van der Waals surface area contributed by atoms with Gasteiger partial charge in [-0.1, -0.05) is 13.3 Å². The quantitative estimate of drug-likeness (QED) is 0.630. The van der Waals surface area contributed by atoms with Crippen LogP contribution in [0.5, 0.6) is 0 Å². The summed E-state index contributed by atoms with van der Waals surface area (Å²) in [5.74, 6) is 1.02. The maximum Gasteiger partial charge on any atom is 0.106 e. The average molecular weight is 177 g/mol. The van der Waals surface area contributed by atoms with Gasteiger partial charge in [0, 0.05) is 8.54 Å². The second-order valence-electron chi connectivity index (χ2n) is 2.60. The third kappa shape index (κ3) is 7.69. The smallest absolute Gasteiger partial charge is 0.106 e. The molecule has 1 aliphatic heterocycles. The predicted molar refractivity (Wildman–Crippen MR) is 53.3 cm³/mol. The molecule has 0 radical (unpaired) electrons. The molecule has 0 aromatic rings. The van der Waals surface area contributed by atoms with E-state index in [9.17, 15) is 0 Å². The van der Waals surface area contributed by atoms with Gasteiger partial charge in [-0.15, -0.1) is 0 Å². The Morgan fingerprint density at radius 3 is 2.08 bits per heavy atom. The largest absolute Gasteiger partial charge is 0.400 e. The number of carbonyl (C=O) groups is 1. The molecule has 0 aliphatic carbocycles. The molecular weight excluding hydrogens is 154 g/mol. The highest BCUT2D eigenvalue weighted by molar-refractivity contribution is 5.10. The van der Waals surface area contributed by atoms with Crippen molar-refractivity contribution in [2.45, 2.75) is 26.2 Å². The molecule has 76 valence electrons. The molecule has 0 saturated carbocycles. The molecule has 3 nitrogen and oxygen atoms in total. The summed E-state index contributed by atoms with van der Waals surface area (Å²) in [5.41, 5.74) is 0. The van der Waals surface area contributed by atoms with Gasteiger partial charge in [-0.2, -0.15) is 0 Å². The summed E-state index contributed by atoms with van der Waals surface area (Å²) in [6, 6.07) is 0. The first kappa shape index (κ1) is 14.1. The van der Waals surface area contributed by atoms with Crippen LogP contribution >= 0.6 is 0 Å². The lowest BCUT2D eigenvalue weighted by molar-refractivity contribution is -0.0979. The zero-order valence-electron chi connectivity index (χ0n) is 8.18. The Hall–Kier alpha value is -0.410. The van der Waals surface area contributed by atoms with Crippen LogP contribution in [-0.4, -0.2) is 32.1 Å². The lowest BCUT2D eigenvalue weighted by atomic mass is 9.96. The van der Waals surface area contributed by atoms with Crippen LogP contribution in [0.2, 0.25) is 0 Å². The van der Waals surface area contributed by atoms with Crippen molar-refractivity contribution in [2.75, 3.05) is 20.2 Å². The summed E-state index contributed by atoms with van der Waals surface area (Å²) in [5, 5.41) is 10.3. The average Bonchev–Trinajstić information content (AvgIpc) is 2.25. The SMILES string of the molecule is C=O.CCC1CCNCC1.CO.[HH]. The number of carbonyl (C=O) groups excluding carboxylic acids is 1. The molecule has 1 aliphatic rings. The first-order valence-electron chi connectivity index (χ1n) is 4.37. The number of rotatable bonds is 1. The second-order valence-corrected chi connectivity index (χ2v) is 2.60. The molecule has 0 bridgehead atoms. The molecule has 0 atom stereocenters. The van der Waals surface area contributed by atoms with Crippen molar-refractivity contribution in [3.05, 3.63) is 0 Å². The van der Waals surface area contributed by atoms with E-state index < -0.39 is 0 Å². The molecule has 0 aromatic heterocycles. The molecular formula is C9H23NO2. The van der Waals surface area contributed by atoms with Crippen molar-refractivity contribution in [3.8, 4) is 0 Å². The Balaban J connectivity index is -0.000000178. The number of hydrogen-bond acceptors (Lipinski definition) is 3. The Kier molecular flexibility index (Phi) is 15.5. The van der Waals surface area contributed by atoms with Gasteiger partial charge in [-0.3, -0.25) is 0 Å². The molecule has 0 spiro atoms. The highest BCUT2D eigenvalue weighted by Gasteiger charge is 2.08. The van der Waals surface area contributed by atoms with Crippen LogP contribution in [0.3, 0.4) is 0 Å². The minimum Gasteiger partial charge on any atom is -0.400 e. The number of hydrogen-bond donors (Lipinski definition) is 2. The van der Waals surface area contributed by atoms with Crippen molar-refractivity contribution in [3.63, 3.8) is 0 Å². The van der Waals surface area contributed by atoms with E-state index >= 15 is 0 Å². The number of nitrogens with one attached hydrogen (secondary N) is 1. The van der Waals surface area contributed by atoms with Gasteiger partial charge in [0.1, 0.15) is 6.79 Å². The zero-order valence-corrected chi connectivity index (χ0v) is 8.18. The van der Waals surface area contributed by atoms with E-state index in [1.807, 2.05) is 6.79 Å². The predicted octanol–water partition coefficient (Wildman–Crippen LogP) is 1.07. The van der Waals surface area contributed by atoms with Gasteiger partial charge in [-0.25, -0.2) is 0 Å². The van der Waals surface area contributed by atoms with Crippen molar-refractivity contribution < 1.29 is 11.3 Å². The summed E-state index contributed by atoms with van der Waals surface area (Å²) in [6.45, 7) is 6.78. The van der Waals surface area contributed by atoms with Crippen LogP contribution in [0.4, 0.5) is 0 Å². The fourth-order valence-electron chi connectivity index (χ4n) is 1.29. The normalized spacial score (nSPS) is 16.6. The van der Waals surface area contributed by atoms with E-state index in [2.05, 4.69) is 12.2 Å². The van der Waals surface area contributed by atoms with E-state index in [0.717, 1.165) is 13.0 Å². The fraction of sp³-hybridized carbons (Fsp3) is 0.889. The third-order valence-electron chi connectivity index (χ3n) is 2.04. The summed E-state index contributed by atoms with van der Waals surface area (Å²) in [6.07, 6.45) is 4.18. The maximum absolute atomic E-state index is 8.00. The minimum absolute atomic E-state index is 0. The van der Waals surface area contributed by atoms with Crippen LogP contribution in [0.1, 0.15) is 27.6 Å². The number of aliphatic hydroxyl groups is 1. The van der Waals surface area contributed by atoms with Crippen LogP contribution in [-0.2, 0) is 4.79 Å². The van der Waals surface area contributed by atoms with Gasteiger partial charge in [0.15, 0.2) is 0 Å². The maximum atomic E-state index is 8.00. The van der Waals surface area contributed by atoms with Gasteiger partial charge in [-0.05, 0) is 31.8 Å². The monoisotopic (exact) mass is 177 g/mol. The Labute approximate surface area is 76.7 Å². The van der Waals surface area contributed by atoms with E-state index in [0.29, 0.717) is 0 Å². The number of aliphatic hydroxyl groups excluding tert-OH is 1. The van der Waals surface area contributed by atoms with E-state index in [4.69, 9.17) is 9.90 Å².